The highest BCUT2D eigenvalue weighted by Gasteiger charge is 2.13. The Bertz CT molecular complexity index is 760. The summed E-state index contributed by atoms with van der Waals surface area (Å²) in [5.41, 5.74) is 0.171. The van der Waals surface area contributed by atoms with E-state index in [9.17, 15) is 9.59 Å². The average Bonchev–Trinajstić information content (AvgIpc) is 3.09. The van der Waals surface area contributed by atoms with E-state index in [-0.39, 0.29) is 24.8 Å². The average molecular weight is 392 g/mol. The van der Waals surface area contributed by atoms with Crippen LogP contribution in [0, 0.1) is 5.92 Å². The van der Waals surface area contributed by atoms with Crippen molar-refractivity contribution in [3.63, 3.8) is 0 Å². The second-order valence-corrected chi connectivity index (χ2v) is 6.96. The van der Waals surface area contributed by atoms with Gasteiger partial charge >= 0.3 is 5.97 Å². The molecule has 0 radical (unpaired) electrons. The van der Waals surface area contributed by atoms with Crippen LogP contribution < -0.4 is 14.8 Å². The van der Waals surface area contributed by atoms with Crippen LogP contribution in [0.25, 0.3) is 0 Å². The third-order valence-electron chi connectivity index (χ3n) is 3.37. The Morgan fingerprint density at radius 1 is 1.22 bits per heavy atom. The van der Waals surface area contributed by atoms with Crippen molar-refractivity contribution >= 4 is 28.3 Å². The molecule has 1 amide bonds. The molecule has 146 valence electrons. The lowest BCUT2D eigenvalue weighted by atomic mass is 10.1. The lowest BCUT2D eigenvalue weighted by Gasteiger charge is -2.10. The highest BCUT2D eigenvalue weighted by molar-refractivity contribution is 7.14. The number of ether oxygens (including phenoxy) is 3. The van der Waals surface area contributed by atoms with Gasteiger partial charge < -0.3 is 14.2 Å². The van der Waals surface area contributed by atoms with Crippen LogP contribution in [-0.2, 0) is 9.53 Å². The highest BCUT2D eigenvalue weighted by Crippen LogP contribution is 2.20. The van der Waals surface area contributed by atoms with Crippen LogP contribution in [-0.4, -0.2) is 36.7 Å². The molecule has 0 fully saturated rings. The van der Waals surface area contributed by atoms with Gasteiger partial charge in [-0.2, -0.15) is 0 Å². The molecule has 0 saturated heterocycles. The van der Waals surface area contributed by atoms with E-state index in [2.05, 4.69) is 24.1 Å². The highest BCUT2D eigenvalue weighted by atomic mass is 32.1. The number of thiazole rings is 1. The molecule has 8 heteroatoms. The summed E-state index contributed by atoms with van der Waals surface area (Å²) in [7, 11) is 0. The first-order valence-electron chi connectivity index (χ1n) is 8.76. The smallest absolute Gasteiger partial charge is 0.357 e. The summed E-state index contributed by atoms with van der Waals surface area (Å²) in [6.07, 6.45) is 0.967. The molecule has 1 heterocycles. The summed E-state index contributed by atoms with van der Waals surface area (Å²) in [6, 6.07) is 7.16. The Labute approximate surface area is 162 Å². The molecule has 1 aromatic heterocycles. The molecule has 0 aliphatic rings. The van der Waals surface area contributed by atoms with Gasteiger partial charge in [0, 0.05) is 11.4 Å². The number of hydrogen-bond acceptors (Lipinski definition) is 7. The molecule has 0 unspecified atom stereocenters. The Balaban J connectivity index is 1.81. The van der Waals surface area contributed by atoms with Crippen molar-refractivity contribution in [3.05, 3.63) is 35.3 Å². The van der Waals surface area contributed by atoms with Crippen LogP contribution in [0.4, 0.5) is 5.13 Å². The van der Waals surface area contributed by atoms with Crippen LogP contribution in [0.3, 0.4) is 0 Å². The minimum absolute atomic E-state index is 0.171. The molecule has 0 spiro atoms. The number of nitrogens with zero attached hydrogens (tertiary/aromatic N) is 1. The Hall–Kier alpha value is -2.61. The number of hydrogen-bond donors (Lipinski definition) is 1. The summed E-state index contributed by atoms with van der Waals surface area (Å²) in [5.74, 6) is 0.931. The summed E-state index contributed by atoms with van der Waals surface area (Å²) in [6.45, 7) is 6.72. The maximum Gasteiger partial charge on any atom is 0.357 e. The van der Waals surface area contributed by atoms with Crippen LogP contribution in [0.5, 0.6) is 11.5 Å². The van der Waals surface area contributed by atoms with E-state index in [0.29, 0.717) is 29.2 Å². The fourth-order valence-corrected chi connectivity index (χ4v) is 2.70. The molecule has 0 saturated carbocycles. The molecular weight excluding hydrogens is 368 g/mol. The second kappa shape index (κ2) is 10.5. The molecule has 1 N–H and O–H groups in total. The first kappa shape index (κ1) is 20.7. The van der Waals surface area contributed by atoms with E-state index in [0.717, 1.165) is 17.8 Å². The van der Waals surface area contributed by atoms with Crippen molar-refractivity contribution in [1.82, 2.24) is 4.98 Å². The number of carbonyl (C=O) groups is 2. The van der Waals surface area contributed by atoms with Gasteiger partial charge in [0.15, 0.2) is 17.4 Å². The van der Waals surface area contributed by atoms with E-state index in [4.69, 9.17) is 14.2 Å². The number of esters is 1. The van der Waals surface area contributed by atoms with Crippen LogP contribution in [0.2, 0.25) is 0 Å². The number of nitrogens with one attached hydrogen (secondary N) is 1. The fraction of sp³-hybridized carbons (Fsp3) is 0.421. The molecule has 1 aromatic carbocycles. The SMILES string of the molecule is CCOC(=O)c1csc(NC(=O)COc2cccc(OCCC(C)C)c2)n1. The van der Waals surface area contributed by atoms with Gasteiger partial charge in [-0.25, -0.2) is 9.78 Å². The van der Waals surface area contributed by atoms with Crippen LogP contribution in [0.1, 0.15) is 37.7 Å². The van der Waals surface area contributed by atoms with Gasteiger partial charge in [-0.3, -0.25) is 10.1 Å². The summed E-state index contributed by atoms with van der Waals surface area (Å²) >= 11 is 1.15. The lowest BCUT2D eigenvalue weighted by molar-refractivity contribution is -0.118. The molecule has 7 nitrogen and oxygen atoms in total. The molecule has 0 aliphatic carbocycles. The van der Waals surface area contributed by atoms with Gasteiger partial charge in [-0.05, 0) is 31.4 Å². The molecule has 2 rings (SSSR count). The molecule has 0 atom stereocenters. The van der Waals surface area contributed by atoms with Crippen molar-refractivity contribution < 1.29 is 23.8 Å². The van der Waals surface area contributed by atoms with E-state index < -0.39 is 5.97 Å². The van der Waals surface area contributed by atoms with Crippen molar-refractivity contribution in [2.24, 2.45) is 5.92 Å². The summed E-state index contributed by atoms with van der Waals surface area (Å²) in [5, 5.41) is 4.45. The van der Waals surface area contributed by atoms with Gasteiger partial charge in [0.1, 0.15) is 11.5 Å². The third kappa shape index (κ3) is 7.26. The van der Waals surface area contributed by atoms with Gasteiger partial charge in [-0.1, -0.05) is 19.9 Å². The molecule has 27 heavy (non-hydrogen) atoms. The van der Waals surface area contributed by atoms with Crippen molar-refractivity contribution in [2.45, 2.75) is 27.2 Å². The molecular formula is C19H24N2O5S. The molecule has 0 bridgehead atoms. The monoisotopic (exact) mass is 392 g/mol. The zero-order valence-electron chi connectivity index (χ0n) is 15.7. The standard InChI is InChI=1S/C19H24N2O5S/c1-4-24-18(23)16-12-27-19(20-16)21-17(22)11-26-15-7-5-6-14(10-15)25-9-8-13(2)3/h5-7,10,12-13H,4,8-9,11H2,1-3H3,(H,20,21,22). The maximum atomic E-state index is 12.0. The first-order chi connectivity index (χ1) is 13.0. The van der Waals surface area contributed by atoms with E-state index in [1.54, 1.807) is 19.1 Å². The van der Waals surface area contributed by atoms with E-state index in [1.165, 1.54) is 5.38 Å². The normalized spacial score (nSPS) is 10.5. The third-order valence-corrected chi connectivity index (χ3v) is 4.13. The van der Waals surface area contributed by atoms with Gasteiger partial charge in [0.25, 0.3) is 5.91 Å². The maximum absolute atomic E-state index is 12.0. The predicted octanol–water partition coefficient (Wildman–Crippen LogP) is 3.76. The van der Waals surface area contributed by atoms with E-state index >= 15 is 0 Å². The van der Waals surface area contributed by atoms with E-state index in [1.807, 2.05) is 12.1 Å². The number of anilines is 1. The van der Waals surface area contributed by atoms with Gasteiger partial charge in [0.2, 0.25) is 0 Å². The van der Waals surface area contributed by atoms with Gasteiger partial charge in [-0.15, -0.1) is 11.3 Å². The first-order valence-corrected chi connectivity index (χ1v) is 9.64. The zero-order chi connectivity index (χ0) is 19.6. The number of rotatable bonds is 10. The zero-order valence-corrected chi connectivity index (χ0v) is 16.5. The topological polar surface area (TPSA) is 86.8 Å². The quantitative estimate of drug-likeness (QED) is 0.620. The number of amides is 1. The Morgan fingerprint density at radius 3 is 2.67 bits per heavy atom. The second-order valence-electron chi connectivity index (χ2n) is 6.10. The Kier molecular flexibility index (Phi) is 8.06. The molecule has 0 aliphatic heterocycles. The van der Waals surface area contributed by atoms with Crippen LogP contribution in [0.15, 0.2) is 29.6 Å². The lowest BCUT2D eigenvalue weighted by Crippen LogP contribution is -2.20. The number of aromatic nitrogens is 1. The fourth-order valence-electron chi connectivity index (χ4n) is 2.00. The number of carbonyl (C=O) groups excluding carboxylic acids is 2. The van der Waals surface area contributed by atoms with Gasteiger partial charge in [0.05, 0.1) is 13.2 Å². The molecule has 2 aromatic rings. The van der Waals surface area contributed by atoms with Crippen molar-refractivity contribution in [1.29, 1.82) is 0 Å². The minimum Gasteiger partial charge on any atom is -0.493 e. The Morgan fingerprint density at radius 2 is 1.96 bits per heavy atom. The van der Waals surface area contributed by atoms with Crippen molar-refractivity contribution in [3.8, 4) is 11.5 Å². The minimum atomic E-state index is -0.514. The van der Waals surface area contributed by atoms with Crippen LogP contribution >= 0.6 is 11.3 Å². The predicted molar refractivity (Wildman–Crippen MR) is 104 cm³/mol. The summed E-state index contributed by atoms with van der Waals surface area (Å²) < 4.78 is 16.0. The largest absolute Gasteiger partial charge is 0.493 e. The number of benzene rings is 1. The summed E-state index contributed by atoms with van der Waals surface area (Å²) in [4.78, 5) is 27.6. The van der Waals surface area contributed by atoms with Crippen molar-refractivity contribution in [2.75, 3.05) is 25.1 Å².